The summed E-state index contributed by atoms with van der Waals surface area (Å²) in [6.45, 7) is 6.52. The molecule has 1 aromatic heterocycles. The molecule has 1 N–H and O–H groups in total. The molecule has 0 spiro atoms. The van der Waals surface area contributed by atoms with Crippen LogP contribution in [0.1, 0.15) is 50.7 Å². The monoisotopic (exact) mass is 364 g/mol. The Hall–Kier alpha value is -1.24. The second kappa shape index (κ2) is 9.46. The minimum absolute atomic E-state index is 0.735. The molecule has 0 bridgehead atoms. The highest BCUT2D eigenvalue weighted by molar-refractivity contribution is 8.00. The molecule has 3 heterocycles. The number of thioether (sulfide) groups is 1. The third kappa shape index (κ3) is 4.90. The summed E-state index contributed by atoms with van der Waals surface area (Å²) in [5.74, 6) is 4.60. The quantitative estimate of drug-likeness (QED) is 0.494. The zero-order chi connectivity index (χ0) is 17.5. The van der Waals surface area contributed by atoms with Crippen molar-refractivity contribution in [1.82, 2.24) is 25.0 Å². The Morgan fingerprint density at radius 2 is 2.20 bits per heavy atom. The second-order valence-corrected chi connectivity index (χ2v) is 8.33. The molecule has 0 aliphatic carbocycles. The van der Waals surface area contributed by atoms with Crippen LogP contribution >= 0.6 is 11.8 Å². The lowest BCUT2D eigenvalue weighted by molar-refractivity contribution is 0.407. The first-order valence-corrected chi connectivity index (χ1v) is 10.8. The zero-order valence-electron chi connectivity index (χ0n) is 15.7. The Morgan fingerprint density at radius 1 is 1.28 bits per heavy atom. The highest BCUT2D eigenvalue weighted by atomic mass is 32.2. The summed E-state index contributed by atoms with van der Waals surface area (Å²) >= 11 is 2.09. The molecule has 2 aliphatic rings. The van der Waals surface area contributed by atoms with Crippen LogP contribution in [0.5, 0.6) is 0 Å². The van der Waals surface area contributed by atoms with Crippen molar-refractivity contribution in [3.8, 4) is 0 Å². The third-order valence-corrected chi connectivity index (χ3v) is 6.52. The molecule has 3 rings (SSSR count). The molecule has 1 saturated heterocycles. The van der Waals surface area contributed by atoms with Gasteiger partial charge < -0.3 is 14.8 Å². The van der Waals surface area contributed by atoms with Crippen LogP contribution in [-0.2, 0) is 19.4 Å². The molecule has 1 unspecified atom stereocenters. The topological polar surface area (TPSA) is 58.3 Å². The maximum absolute atomic E-state index is 4.49. The van der Waals surface area contributed by atoms with Gasteiger partial charge in [0.05, 0.1) is 0 Å². The number of rotatable bonds is 5. The van der Waals surface area contributed by atoms with E-state index in [-0.39, 0.29) is 0 Å². The van der Waals surface area contributed by atoms with Crippen LogP contribution in [0.4, 0.5) is 0 Å². The predicted molar refractivity (Wildman–Crippen MR) is 105 cm³/mol. The van der Waals surface area contributed by atoms with Crippen molar-refractivity contribution < 1.29 is 0 Å². The van der Waals surface area contributed by atoms with E-state index < -0.39 is 0 Å². The van der Waals surface area contributed by atoms with E-state index in [4.69, 9.17) is 0 Å². The van der Waals surface area contributed by atoms with E-state index in [0.29, 0.717) is 0 Å². The Bertz CT molecular complexity index is 570. The van der Waals surface area contributed by atoms with E-state index in [1.807, 2.05) is 7.05 Å². The average Bonchev–Trinajstić information content (AvgIpc) is 2.88. The highest BCUT2D eigenvalue weighted by Crippen LogP contribution is 2.21. The summed E-state index contributed by atoms with van der Waals surface area (Å²) in [5, 5.41) is 13.1. The van der Waals surface area contributed by atoms with Gasteiger partial charge in [0.15, 0.2) is 5.96 Å². The molecular weight excluding hydrogens is 332 g/mol. The molecular formula is C18H32N6S. The molecule has 0 saturated carbocycles. The van der Waals surface area contributed by atoms with E-state index in [1.165, 1.54) is 37.3 Å². The molecule has 7 heteroatoms. The van der Waals surface area contributed by atoms with E-state index in [2.05, 4.69) is 48.7 Å². The Kier molecular flexibility index (Phi) is 7.02. The van der Waals surface area contributed by atoms with Gasteiger partial charge in [-0.2, -0.15) is 11.8 Å². The van der Waals surface area contributed by atoms with Crippen molar-refractivity contribution in [2.75, 3.05) is 32.4 Å². The number of nitrogens with zero attached hydrogens (tertiary/aromatic N) is 5. The number of nitrogens with one attached hydrogen (secondary N) is 1. The molecule has 2 aliphatic heterocycles. The second-order valence-electron chi connectivity index (χ2n) is 6.92. The van der Waals surface area contributed by atoms with Crippen molar-refractivity contribution >= 4 is 17.7 Å². The van der Waals surface area contributed by atoms with Crippen LogP contribution in [0.2, 0.25) is 0 Å². The first-order valence-electron chi connectivity index (χ1n) is 9.80. The fraction of sp³-hybridized carbons (Fsp3) is 0.833. The van der Waals surface area contributed by atoms with E-state index >= 15 is 0 Å². The summed E-state index contributed by atoms with van der Waals surface area (Å²) in [4.78, 5) is 6.90. The molecule has 1 aromatic rings. The maximum Gasteiger partial charge on any atom is 0.193 e. The van der Waals surface area contributed by atoms with E-state index in [0.717, 1.165) is 62.5 Å². The highest BCUT2D eigenvalue weighted by Gasteiger charge is 2.21. The number of hydrogen-bond acceptors (Lipinski definition) is 4. The molecule has 0 amide bonds. The van der Waals surface area contributed by atoms with Crippen LogP contribution in [0.3, 0.4) is 0 Å². The first kappa shape index (κ1) is 18.5. The van der Waals surface area contributed by atoms with Crippen LogP contribution in [0.25, 0.3) is 0 Å². The molecule has 140 valence electrons. The normalized spacial score (nSPS) is 21.8. The number of fused-ring (bicyclic) bond motifs is 1. The van der Waals surface area contributed by atoms with Crippen molar-refractivity contribution in [3.05, 3.63) is 11.6 Å². The Balaban J connectivity index is 1.45. The number of aromatic nitrogens is 3. The summed E-state index contributed by atoms with van der Waals surface area (Å²) in [6, 6.07) is 0. The molecule has 1 fully saturated rings. The molecule has 6 nitrogen and oxygen atoms in total. The molecule has 0 aromatic carbocycles. The van der Waals surface area contributed by atoms with Gasteiger partial charge in [-0.3, -0.25) is 4.99 Å². The number of hydrogen-bond donors (Lipinski definition) is 1. The Morgan fingerprint density at radius 3 is 3.04 bits per heavy atom. The van der Waals surface area contributed by atoms with Crippen LogP contribution in [0, 0.1) is 0 Å². The molecule has 25 heavy (non-hydrogen) atoms. The minimum Gasteiger partial charge on any atom is -0.356 e. The van der Waals surface area contributed by atoms with Crippen molar-refractivity contribution in [2.45, 2.75) is 63.7 Å². The van der Waals surface area contributed by atoms with Gasteiger partial charge in [-0.25, -0.2) is 0 Å². The van der Waals surface area contributed by atoms with Gasteiger partial charge in [0.25, 0.3) is 0 Å². The standard InChI is InChI=1S/C18H32N6S/c1-3-15-14-23(12-13-25-15)18(19-2)20-10-7-9-17-22-21-16-8-5-4-6-11-24(16)17/h15H,3-14H2,1-2H3,(H,19,20). The van der Waals surface area contributed by atoms with Crippen LogP contribution in [0.15, 0.2) is 4.99 Å². The predicted octanol–water partition coefficient (Wildman–Crippen LogP) is 2.34. The average molecular weight is 365 g/mol. The largest absolute Gasteiger partial charge is 0.356 e. The number of aliphatic imine (C=N–C) groups is 1. The SMILES string of the molecule is CCC1CN(C(=NC)NCCCc2nnc3n2CCCCC3)CCS1. The van der Waals surface area contributed by atoms with Gasteiger partial charge >= 0.3 is 0 Å². The van der Waals surface area contributed by atoms with Crippen LogP contribution in [-0.4, -0.2) is 63.3 Å². The number of guanidine groups is 1. The van der Waals surface area contributed by atoms with E-state index in [1.54, 1.807) is 0 Å². The van der Waals surface area contributed by atoms with E-state index in [9.17, 15) is 0 Å². The smallest absolute Gasteiger partial charge is 0.193 e. The van der Waals surface area contributed by atoms with Crippen molar-refractivity contribution in [1.29, 1.82) is 0 Å². The van der Waals surface area contributed by atoms with Gasteiger partial charge in [-0.1, -0.05) is 13.3 Å². The van der Waals surface area contributed by atoms with Crippen LogP contribution < -0.4 is 5.32 Å². The van der Waals surface area contributed by atoms with Gasteiger partial charge in [-0.15, -0.1) is 10.2 Å². The fourth-order valence-electron chi connectivity index (χ4n) is 3.67. The van der Waals surface area contributed by atoms with Crippen molar-refractivity contribution in [2.24, 2.45) is 4.99 Å². The van der Waals surface area contributed by atoms with Gasteiger partial charge in [-0.05, 0) is 25.7 Å². The summed E-state index contributed by atoms with van der Waals surface area (Å²) < 4.78 is 2.36. The maximum atomic E-state index is 4.49. The lowest BCUT2D eigenvalue weighted by Crippen LogP contribution is -2.48. The third-order valence-electron chi connectivity index (χ3n) is 5.15. The molecule has 1 atom stereocenters. The summed E-state index contributed by atoms with van der Waals surface area (Å²) in [6.07, 6.45) is 8.20. The number of aryl methyl sites for hydroxylation is 2. The summed E-state index contributed by atoms with van der Waals surface area (Å²) in [5.41, 5.74) is 0. The fourth-order valence-corrected chi connectivity index (χ4v) is 4.85. The van der Waals surface area contributed by atoms with Gasteiger partial charge in [0.2, 0.25) is 0 Å². The molecule has 0 radical (unpaired) electrons. The lowest BCUT2D eigenvalue weighted by Gasteiger charge is -2.34. The van der Waals surface area contributed by atoms with Gasteiger partial charge in [0, 0.05) is 57.1 Å². The zero-order valence-corrected chi connectivity index (χ0v) is 16.5. The van der Waals surface area contributed by atoms with Gasteiger partial charge in [0.1, 0.15) is 11.6 Å². The van der Waals surface area contributed by atoms with Crippen molar-refractivity contribution in [3.63, 3.8) is 0 Å². The minimum atomic E-state index is 0.735. The first-order chi connectivity index (χ1) is 12.3. The summed E-state index contributed by atoms with van der Waals surface area (Å²) in [7, 11) is 1.89. The lowest BCUT2D eigenvalue weighted by atomic mass is 10.2. The Labute approximate surface area is 155 Å².